The molecule has 0 spiro atoms. The summed E-state index contributed by atoms with van der Waals surface area (Å²) in [5.41, 5.74) is 1.17. The molecule has 86 valence electrons. The Morgan fingerprint density at radius 3 is 3.00 bits per heavy atom. The van der Waals surface area contributed by atoms with Crippen LogP contribution in [0.25, 0.3) is 0 Å². The van der Waals surface area contributed by atoms with Crippen molar-refractivity contribution < 1.29 is 5.11 Å². The van der Waals surface area contributed by atoms with Crippen LogP contribution in [0, 0.1) is 0 Å². The van der Waals surface area contributed by atoms with Gasteiger partial charge in [0.25, 0.3) is 0 Å². The van der Waals surface area contributed by atoms with E-state index in [1.54, 1.807) is 18.0 Å². The van der Waals surface area contributed by atoms with Crippen molar-refractivity contribution in [3.63, 3.8) is 0 Å². The first-order chi connectivity index (χ1) is 7.27. The molecule has 1 unspecified atom stereocenters. The Balaban J connectivity index is 2.36. The van der Waals surface area contributed by atoms with Gasteiger partial charge in [-0.3, -0.25) is 4.68 Å². The predicted molar refractivity (Wildman–Crippen MR) is 63.9 cm³/mol. The van der Waals surface area contributed by atoms with Crippen LogP contribution in [-0.4, -0.2) is 39.5 Å². The van der Waals surface area contributed by atoms with Gasteiger partial charge in [-0.15, -0.1) is 0 Å². The summed E-state index contributed by atoms with van der Waals surface area (Å²) in [6.45, 7) is 1.05. The molecule has 0 saturated carbocycles. The number of nitrogens with zero attached hydrogens (tertiary/aromatic N) is 2. The summed E-state index contributed by atoms with van der Waals surface area (Å²) < 4.78 is 1.86. The maximum absolute atomic E-state index is 8.91. The van der Waals surface area contributed by atoms with Gasteiger partial charge in [0.1, 0.15) is 0 Å². The van der Waals surface area contributed by atoms with Crippen LogP contribution < -0.4 is 5.32 Å². The van der Waals surface area contributed by atoms with Gasteiger partial charge in [0.05, 0.1) is 5.69 Å². The number of aryl methyl sites for hydroxylation is 1. The Hall–Kier alpha value is -0.520. The van der Waals surface area contributed by atoms with Crippen LogP contribution in [0.5, 0.6) is 0 Å². The van der Waals surface area contributed by atoms with Gasteiger partial charge in [-0.2, -0.15) is 16.9 Å². The number of nitrogens with one attached hydrogen (secondary N) is 1. The Kier molecular flexibility index (Phi) is 5.75. The fourth-order valence-electron chi connectivity index (χ4n) is 1.42. The number of rotatable bonds is 7. The molecule has 0 aliphatic heterocycles. The molecule has 1 aromatic heterocycles. The second kappa shape index (κ2) is 6.87. The maximum Gasteiger partial charge on any atom is 0.0518 e. The van der Waals surface area contributed by atoms with Crippen molar-refractivity contribution in [1.82, 2.24) is 15.1 Å². The van der Waals surface area contributed by atoms with Crippen molar-refractivity contribution in [2.24, 2.45) is 7.05 Å². The fraction of sp³-hybridized carbons (Fsp3) is 0.700. The van der Waals surface area contributed by atoms with Gasteiger partial charge in [-0.1, -0.05) is 0 Å². The molecule has 15 heavy (non-hydrogen) atoms. The number of thioether (sulfide) groups is 1. The molecule has 0 aliphatic rings. The molecule has 1 atom stereocenters. The number of aliphatic hydroxyl groups is 1. The van der Waals surface area contributed by atoms with E-state index in [0.29, 0.717) is 6.04 Å². The highest BCUT2D eigenvalue weighted by Gasteiger charge is 2.07. The summed E-state index contributed by atoms with van der Waals surface area (Å²) >= 11 is 1.80. The zero-order valence-corrected chi connectivity index (χ0v) is 10.1. The van der Waals surface area contributed by atoms with Gasteiger partial charge in [-0.05, 0) is 18.7 Å². The quantitative estimate of drug-likeness (QED) is 0.720. The highest BCUT2D eigenvalue weighted by molar-refractivity contribution is 7.98. The lowest BCUT2D eigenvalue weighted by atomic mass is 10.2. The molecule has 5 heteroatoms. The molecule has 0 aromatic carbocycles. The first-order valence-electron chi connectivity index (χ1n) is 5.08. The molecule has 2 N–H and O–H groups in total. The van der Waals surface area contributed by atoms with Gasteiger partial charge in [0, 0.05) is 38.2 Å². The molecule has 0 radical (unpaired) electrons. The Bertz CT molecular complexity index is 271. The minimum Gasteiger partial charge on any atom is -0.396 e. The Morgan fingerprint density at radius 1 is 1.67 bits per heavy atom. The largest absolute Gasteiger partial charge is 0.396 e. The minimum absolute atomic E-state index is 0.240. The van der Waals surface area contributed by atoms with E-state index in [4.69, 9.17) is 5.11 Å². The second-order valence-electron chi connectivity index (χ2n) is 3.49. The summed E-state index contributed by atoms with van der Waals surface area (Å²) in [5, 5.41) is 16.4. The first-order valence-corrected chi connectivity index (χ1v) is 6.47. The summed E-state index contributed by atoms with van der Waals surface area (Å²) in [7, 11) is 1.94. The first kappa shape index (κ1) is 12.5. The van der Waals surface area contributed by atoms with Crippen molar-refractivity contribution in [1.29, 1.82) is 0 Å². The highest BCUT2D eigenvalue weighted by atomic mass is 32.2. The topological polar surface area (TPSA) is 50.1 Å². The van der Waals surface area contributed by atoms with Gasteiger partial charge in [0.2, 0.25) is 0 Å². The summed E-state index contributed by atoms with van der Waals surface area (Å²) in [5.74, 6) is 1.03. The number of aliphatic hydroxyl groups excluding tert-OH is 1. The minimum atomic E-state index is 0.240. The van der Waals surface area contributed by atoms with E-state index in [1.807, 2.05) is 17.8 Å². The molecule has 0 bridgehead atoms. The average Bonchev–Trinajstić information content (AvgIpc) is 2.61. The monoisotopic (exact) mass is 229 g/mol. The van der Waals surface area contributed by atoms with Crippen molar-refractivity contribution in [2.75, 3.05) is 18.6 Å². The average molecular weight is 229 g/mol. The van der Waals surface area contributed by atoms with E-state index in [2.05, 4.69) is 16.7 Å². The van der Waals surface area contributed by atoms with Crippen LogP contribution in [0.4, 0.5) is 0 Å². The van der Waals surface area contributed by atoms with Gasteiger partial charge in [-0.25, -0.2) is 0 Å². The van der Waals surface area contributed by atoms with E-state index < -0.39 is 0 Å². The number of hydrogen-bond donors (Lipinski definition) is 2. The fourth-order valence-corrected chi connectivity index (χ4v) is 2.11. The molecular weight excluding hydrogens is 210 g/mol. The molecule has 0 saturated heterocycles. The third kappa shape index (κ3) is 4.24. The lowest BCUT2D eigenvalue weighted by Gasteiger charge is -2.16. The van der Waals surface area contributed by atoms with Gasteiger partial charge >= 0.3 is 0 Å². The molecular formula is C10H19N3OS. The van der Waals surface area contributed by atoms with E-state index in [1.165, 1.54) is 5.69 Å². The lowest BCUT2D eigenvalue weighted by Crippen LogP contribution is -2.32. The third-order valence-corrected chi connectivity index (χ3v) is 3.08. The molecule has 0 aliphatic carbocycles. The van der Waals surface area contributed by atoms with Crippen molar-refractivity contribution in [3.8, 4) is 0 Å². The van der Waals surface area contributed by atoms with Crippen molar-refractivity contribution >= 4 is 11.8 Å². The third-order valence-electron chi connectivity index (χ3n) is 2.34. The molecule has 1 rings (SSSR count). The van der Waals surface area contributed by atoms with Crippen molar-refractivity contribution in [2.45, 2.75) is 19.0 Å². The smallest absolute Gasteiger partial charge is 0.0518 e. The zero-order chi connectivity index (χ0) is 11.1. The van der Waals surface area contributed by atoms with Crippen molar-refractivity contribution in [3.05, 3.63) is 18.0 Å². The Morgan fingerprint density at radius 2 is 2.47 bits per heavy atom. The number of hydrogen-bond acceptors (Lipinski definition) is 4. The normalized spacial score (nSPS) is 13.0. The SMILES string of the molecule is CSCC(CCO)NCc1ccnn1C. The van der Waals surface area contributed by atoms with Crippen LogP contribution in [0.1, 0.15) is 12.1 Å². The van der Waals surface area contributed by atoms with E-state index in [-0.39, 0.29) is 6.61 Å². The molecule has 1 heterocycles. The zero-order valence-electron chi connectivity index (χ0n) is 9.31. The molecule has 0 fully saturated rings. The molecule has 4 nitrogen and oxygen atoms in total. The van der Waals surface area contributed by atoms with Crippen LogP contribution in [0.15, 0.2) is 12.3 Å². The van der Waals surface area contributed by atoms with Crippen LogP contribution >= 0.6 is 11.8 Å². The second-order valence-corrected chi connectivity index (χ2v) is 4.40. The van der Waals surface area contributed by atoms with E-state index in [0.717, 1.165) is 18.7 Å². The van der Waals surface area contributed by atoms with Crippen LogP contribution in [0.2, 0.25) is 0 Å². The van der Waals surface area contributed by atoms with Gasteiger partial charge < -0.3 is 10.4 Å². The highest BCUT2D eigenvalue weighted by Crippen LogP contribution is 2.03. The summed E-state index contributed by atoms with van der Waals surface area (Å²) in [4.78, 5) is 0. The summed E-state index contributed by atoms with van der Waals surface area (Å²) in [6.07, 6.45) is 4.68. The van der Waals surface area contributed by atoms with E-state index in [9.17, 15) is 0 Å². The maximum atomic E-state index is 8.91. The molecule has 0 amide bonds. The lowest BCUT2D eigenvalue weighted by molar-refractivity contribution is 0.269. The Labute approximate surface area is 95.1 Å². The van der Waals surface area contributed by atoms with E-state index >= 15 is 0 Å². The predicted octanol–water partition coefficient (Wildman–Crippen LogP) is 0.624. The standard InChI is InChI=1S/C10H19N3OS/c1-13-10(3-5-12-13)7-11-9(4-6-14)8-15-2/h3,5,9,11,14H,4,6-8H2,1-2H3. The number of aromatic nitrogens is 2. The summed E-state index contributed by atoms with van der Waals surface area (Å²) in [6, 6.07) is 2.38. The van der Waals surface area contributed by atoms with Crippen LogP contribution in [0.3, 0.4) is 0 Å². The van der Waals surface area contributed by atoms with Crippen LogP contribution in [-0.2, 0) is 13.6 Å². The molecule has 1 aromatic rings. The van der Waals surface area contributed by atoms with Gasteiger partial charge in [0.15, 0.2) is 0 Å².